The minimum absolute atomic E-state index is 0.118. The van der Waals surface area contributed by atoms with Crippen LogP contribution < -0.4 is 0 Å². The molecule has 86 valence electrons. The molecule has 0 spiro atoms. The second-order valence-corrected chi connectivity index (χ2v) is 3.16. The monoisotopic (exact) mass is 245 g/mol. The molecule has 0 atom stereocenters. The Hall–Kier alpha value is -1.82. The summed E-state index contributed by atoms with van der Waals surface area (Å²) < 4.78 is 8.27. The zero-order chi connectivity index (χ0) is 12.1. The van der Waals surface area contributed by atoms with Gasteiger partial charge in [-0.2, -0.15) is 0 Å². The van der Waals surface area contributed by atoms with Gasteiger partial charge in [0.1, 0.15) is 18.5 Å². The van der Waals surface area contributed by atoms with Crippen LogP contribution in [0.4, 0.5) is 10.5 Å². The fourth-order valence-electron chi connectivity index (χ4n) is 1.17. The van der Waals surface area contributed by atoms with E-state index in [-0.39, 0.29) is 17.9 Å². The molecule has 0 aromatic heterocycles. The summed E-state index contributed by atoms with van der Waals surface area (Å²) in [5, 5.41) is 10.7. The first-order valence-corrected chi connectivity index (χ1v) is 4.54. The standard InChI is InChI=1S/C9H8ClNO5/c1-6-2-3-8(11(13)14)7(4-6)5-15-9(12)16-10/h2-4H,5H2,1H3. The zero-order valence-corrected chi connectivity index (χ0v) is 9.06. The van der Waals surface area contributed by atoms with Crippen LogP contribution in [0.5, 0.6) is 0 Å². The lowest BCUT2D eigenvalue weighted by Crippen LogP contribution is -2.04. The molecule has 0 aliphatic carbocycles. The predicted molar refractivity (Wildman–Crippen MR) is 55.0 cm³/mol. The van der Waals surface area contributed by atoms with Crippen LogP contribution in [0, 0.1) is 17.0 Å². The number of rotatable bonds is 3. The Labute approximate surface area is 96.0 Å². The molecule has 6 nitrogen and oxygen atoms in total. The van der Waals surface area contributed by atoms with Crippen LogP contribution in [-0.4, -0.2) is 11.1 Å². The Bertz CT molecular complexity index is 420. The van der Waals surface area contributed by atoms with Crippen LogP contribution in [0.25, 0.3) is 0 Å². The zero-order valence-electron chi connectivity index (χ0n) is 8.31. The van der Waals surface area contributed by atoms with E-state index in [1.165, 1.54) is 6.07 Å². The van der Waals surface area contributed by atoms with Crippen molar-refractivity contribution < 1.29 is 18.7 Å². The minimum Gasteiger partial charge on any atom is -0.428 e. The van der Waals surface area contributed by atoms with Crippen LogP contribution in [0.3, 0.4) is 0 Å². The molecule has 1 rings (SSSR count). The molecule has 0 unspecified atom stereocenters. The van der Waals surface area contributed by atoms with Gasteiger partial charge in [0.05, 0.1) is 10.5 Å². The highest BCUT2D eigenvalue weighted by Gasteiger charge is 2.15. The van der Waals surface area contributed by atoms with E-state index in [0.29, 0.717) is 0 Å². The molecule has 7 heteroatoms. The summed E-state index contributed by atoms with van der Waals surface area (Å²) in [6.07, 6.45) is -1.10. The van der Waals surface area contributed by atoms with Crippen LogP contribution in [0.15, 0.2) is 18.2 Å². The largest absolute Gasteiger partial charge is 0.527 e. The molecule has 0 amide bonds. The number of nitro benzene ring substituents is 1. The van der Waals surface area contributed by atoms with Crippen molar-refractivity contribution in [1.82, 2.24) is 0 Å². The lowest BCUT2D eigenvalue weighted by Gasteiger charge is -2.04. The summed E-state index contributed by atoms with van der Waals surface area (Å²) in [6.45, 7) is 1.51. The lowest BCUT2D eigenvalue weighted by molar-refractivity contribution is -0.385. The van der Waals surface area contributed by atoms with Crippen molar-refractivity contribution in [3.05, 3.63) is 39.4 Å². The van der Waals surface area contributed by atoms with Gasteiger partial charge < -0.3 is 9.03 Å². The lowest BCUT2D eigenvalue weighted by atomic mass is 10.1. The van der Waals surface area contributed by atoms with Crippen molar-refractivity contribution >= 4 is 23.7 Å². The Morgan fingerprint density at radius 3 is 2.81 bits per heavy atom. The van der Waals surface area contributed by atoms with Gasteiger partial charge in [-0.15, -0.1) is 0 Å². The van der Waals surface area contributed by atoms with Crippen molar-refractivity contribution in [2.75, 3.05) is 0 Å². The number of aryl methyl sites for hydroxylation is 1. The number of hydrogen-bond donors (Lipinski definition) is 0. The van der Waals surface area contributed by atoms with Gasteiger partial charge >= 0.3 is 6.16 Å². The van der Waals surface area contributed by atoms with Gasteiger partial charge in [-0.1, -0.05) is 11.6 Å². The second kappa shape index (κ2) is 5.32. The maximum absolute atomic E-state index is 10.7. The number of nitrogens with zero attached hydrogens (tertiary/aromatic N) is 1. The van der Waals surface area contributed by atoms with Gasteiger partial charge in [-0.05, 0) is 13.0 Å². The molecule has 0 bridgehead atoms. The van der Waals surface area contributed by atoms with Crippen LogP contribution in [0.2, 0.25) is 0 Å². The number of hydrogen-bond acceptors (Lipinski definition) is 5. The third-order valence-corrected chi connectivity index (χ3v) is 1.97. The Kier molecular flexibility index (Phi) is 4.07. The van der Waals surface area contributed by atoms with E-state index in [4.69, 9.17) is 11.9 Å². The molecule has 0 radical (unpaired) electrons. The SMILES string of the molecule is Cc1ccc([N+](=O)[O-])c(COC(=O)OCl)c1. The Balaban J connectivity index is 2.88. The van der Waals surface area contributed by atoms with E-state index in [1.54, 1.807) is 19.1 Å². The van der Waals surface area contributed by atoms with E-state index in [9.17, 15) is 14.9 Å². The average molecular weight is 246 g/mol. The molecule has 0 aliphatic heterocycles. The molecule has 0 saturated heterocycles. The van der Waals surface area contributed by atoms with Crippen molar-refractivity contribution in [3.8, 4) is 0 Å². The summed E-state index contributed by atoms with van der Waals surface area (Å²) >= 11 is 4.74. The molecule has 0 heterocycles. The van der Waals surface area contributed by atoms with Crippen LogP contribution >= 0.6 is 11.9 Å². The first-order chi connectivity index (χ1) is 7.54. The average Bonchev–Trinajstić information content (AvgIpc) is 2.25. The number of carbonyl (C=O) groups excluding carboxylic acids is 1. The summed E-state index contributed by atoms with van der Waals surface area (Å²) in [5.41, 5.74) is 0.989. The number of nitro groups is 1. The van der Waals surface area contributed by atoms with E-state index < -0.39 is 11.1 Å². The molecular formula is C9H8ClNO5. The third kappa shape index (κ3) is 3.09. The molecule has 0 aliphatic rings. The van der Waals surface area contributed by atoms with E-state index >= 15 is 0 Å². The smallest absolute Gasteiger partial charge is 0.428 e. The second-order valence-electron chi connectivity index (χ2n) is 3.01. The Morgan fingerprint density at radius 1 is 1.56 bits per heavy atom. The molecule has 16 heavy (non-hydrogen) atoms. The highest BCUT2D eigenvalue weighted by atomic mass is 35.5. The van der Waals surface area contributed by atoms with Crippen molar-refractivity contribution in [2.45, 2.75) is 13.5 Å². The van der Waals surface area contributed by atoms with Crippen LogP contribution in [0.1, 0.15) is 11.1 Å². The highest BCUT2D eigenvalue weighted by Crippen LogP contribution is 2.20. The van der Waals surface area contributed by atoms with Gasteiger partial charge in [-0.25, -0.2) is 4.79 Å². The van der Waals surface area contributed by atoms with Gasteiger partial charge in [0.15, 0.2) is 0 Å². The quantitative estimate of drug-likeness (QED) is 0.465. The molecule has 1 aromatic carbocycles. The molecule has 0 N–H and O–H groups in total. The molecule has 0 saturated carbocycles. The van der Waals surface area contributed by atoms with Gasteiger partial charge in [0.2, 0.25) is 0 Å². The van der Waals surface area contributed by atoms with Crippen molar-refractivity contribution in [3.63, 3.8) is 0 Å². The van der Waals surface area contributed by atoms with Crippen molar-refractivity contribution in [1.29, 1.82) is 0 Å². The first-order valence-electron chi connectivity index (χ1n) is 4.24. The first kappa shape index (κ1) is 12.3. The fraction of sp³-hybridized carbons (Fsp3) is 0.222. The minimum atomic E-state index is -1.10. The topological polar surface area (TPSA) is 78.7 Å². The number of ether oxygens (including phenoxy) is 1. The number of halogens is 1. The number of carbonyl (C=O) groups is 1. The molecule has 0 fully saturated rings. The van der Waals surface area contributed by atoms with E-state index in [0.717, 1.165) is 5.56 Å². The fourth-order valence-corrected chi connectivity index (χ4v) is 1.21. The molecule has 1 aromatic rings. The number of benzene rings is 1. The van der Waals surface area contributed by atoms with Gasteiger partial charge in [0.25, 0.3) is 5.69 Å². The summed E-state index contributed by atoms with van der Waals surface area (Å²) in [4.78, 5) is 20.7. The summed E-state index contributed by atoms with van der Waals surface area (Å²) in [7, 11) is 0. The Morgan fingerprint density at radius 2 is 2.25 bits per heavy atom. The van der Waals surface area contributed by atoms with E-state index in [2.05, 4.69) is 9.03 Å². The van der Waals surface area contributed by atoms with Gasteiger partial charge in [-0.3, -0.25) is 10.1 Å². The van der Waals surface area contributed by atoms with Crippen molar-refractivity contribution in [2.24, 2.45) is 0 Å². The molecular weight excluding hydrogens is 238 g/mol. The van der Waals surface area contributed by atoms with Crippen LogP contribution in [-0.2, 0) is 15.6 Å². The van der Waals surface area contributed by atoms with Gasteiger partial charge in [0, 0.05) is 6.07 Å². The summed E-state index contributed by atoms with van der Waals surface area (Å²) in [6, 6.07) is 4.50. The third-order valence-electron chi connectivity index (χ3n) is 1.84. The highest BCUT2D eigenvalue weighted by molar-refractivity contribution is 6.12. The maximum Gasteiger partial charge on any atom is 0.527 e. The van der Waals surface area contributed by atoms with E-state index in [1.807, 2.05) is 0 Å². The predicted octanol–water partition coefficient (Wildman–Crippen LogP) is 2.71. The normalized spacial score (nSPS) is 9.62. The maximum atomic E-state index is 10.7. The summed E-state index contributed by atoms with van der Waals surface area (Å²) in [5.74, 6) is 0.